The van der Waals surface area contributed by atoms with E-state index in [-0.39, 0.29) is 6.10 Å². The molecule has 1 heterocycles. The average molecular weight is 263 g/mol. The zero-order chi connectivity index (χ0) is 9.84. The summed E-state index contributed by atoms with van der Waals surface area (Å²) < 4.78 is 1.04. The Hall–Kier alpha value is 0.140. The molecule has 0 aliphatic rings. The molecule has 3 heteroatoms. The lowest BCUT2D eigenvalue weighted by molar-refractivity contribution is 0.106. The fourth-order valence-electron chi connectivity index (χ4n) is 1.47. The second-order valence-electron chi connectivity index (χ2n) is 3.15. The second-order valence-corrected chi connectivity index (χ2v) is 4.96. The summed E-state index contributed by atoms with van der Waals surface area (Å²) in [6.07, 6.45) is 1.76. The van der Waals surface area contributed by atoms with Crippen LogP contribution in [0.3, 0.4) is 0 Å². The zero-order valence-corrected chi connectivity index (χ0v) is 10.4. The standard InChI is InChI=1S/C10H15BrOS/c1-3-7(4-2)9(12)10-8(11)5-6-13-10/h5-7,9,12H,3-4H2,1-2H3. The van der Waals surface area contributed by atoms with E-state index in [4.69, 9.17) is 0 Å². The van der Waals surface area contributed by atoms with Gasteiger partial charge in [-0.2, -0.15) is 0 Å². The Morgan fingerprint density at radius 1 is 1.46 bits per heavy atom. The zero-order valence-electron chi connectivity index (χ0n) is 7.96. The first-order chi connectivity index (χ1) is 6.20. The molecule has 0 amide bonds. The summed E-state index contributed by atoms with van der Waals surface area (Å²) in [4.78, 5) is 1.06. The fourth-order valence-corrected chi connectivity index (χ4v) is 3.15. The fraction of sp³-hybridized carbons (Fsp3) is 0.600. The van der Waals surface area contributed by atoms with Crippen molar-refractivity contribution in [1.29, 1.82) is 0 Å². The van der Waals surface area contributed by atoms with Crippen molar-refractivity contribution >= 4 is 27.3 Å². The van der Waals surface area contributed by atoms with E-state index in [0.717, 1.165) is 22.2 Å². The Morgan fingerprint density at radius 2 is 2.08 bits per heavy atom. The Kier molecular flexibility index (Phi) is 4.42. The lowest BCUT2D eigenvalue weighted by atomic mass is 9.96. The van der Waals surface area contributed by atoms with Crippen molar-refractivity contribution < 1.29 is 5.11 Å². The van der Waals surface area contributed by atoms with Gasteiger partial charge in [-0.3, -0.25) is 0 Å². The Balaban J connectivity index is 2.77. The van der Waals surface area contributed by atoms with E-state index in [1.54, 1.807) is 11.3 Å². The second kappa shape index (κ2) is 5.13. The van der Waals surface area contributed by atoms with Crippen molar-refractivity contribution in [3.8, 4) is 0 Å². The highest BCUT2D eigenvalue weighted by atomic mass is 79.9. The van der Waals surface area contributed by atoms with Crippen LogP contribution in [-0.4, -0.2) is 5.11 Å². The maximum Gasteiger partial charge on any atom is 0.0921 e. The highest BCUT2D eigenvalue weighted by Crippen LogP contribution is 2.35. The van der Waals surface area contributed by atoms with Crippen LogP contribution in [0.1, 0.15) is 37.7 Å². The van der Waals surface area contributed by atoms with Crippen LogP contribution in [0.2, 0.25) is 0 Å². The average Bonchev–Trinajstić information content (AvgIpc) is 2.53. The van der Waals surface area contributed by atoms with E-state index in [9.17, 15) is 5.11 Å². The Morgan fingerprint density at radius 3 is 2.46 bits per heavy atom. The normalized spacial score (nSPS) is 13.6. The van der Waals surface area contributed by atoms with Crippen LogP contribution in [0.25, 0.3) is 0 Å². The van der Waals surface area contributed by atoms with E-state index in [2.05, 4.69) is 29.8 Å². The van der Waals surface area contributed by atoms with Gasteiger partial charge in [0.1, 0.15) is 0 Å². The number of rotatable bonds is 4. The molecular formula is C10H15BrOS. The predicted octanol–water partition coefficient (Wildman–Crippen LogP) is 3.98. The van der Waals surface area contributed by atoms with Gasteiger partial charge in [0.2, 0.25) is 0 Å². The molecule has 0 saturated heterocycles. The van der Waals surface area contributed by atoms with Gasteiger partial charge in [0.15, 0.2) is 0 Å². The van der Waals surface area contributed by atoms with Gasteiger partial charge in [0.05, 0.1) is 6.10 Å². The third kappa shape index (κ3) is 2.55. The highest BCUT2D eigenvalue weighted by molar-refractivity contribution is 9.10. The van der Waals surface area contributed by atoms with Crippen LogP contribution >= 0.6 is 27.3 Å². The molecule has 13 heavy (non-hydrogen) atoms. The first kappa shape index (κ1) is 11.2. The first-order valence-corrected chi connectivity index (χ1v) is 6.28. The van der Waals surface area contributed by atoms with E-state index >= 15 is 0 Å². The minimum absolute atomic E-state index is 0.302. The summed E-state index contributed by atoms with van der Waals surface area (Å²) in [6, 6.07) is 1.99. The van der Waals surface area contributed by atoms with Crippen molar-refractivity contribution in [3.63, 3.8) is 0 Å². The molecule has 0 bridgehead atoms. The van der Waals surface area contributed by atoms with Gasteiger partial charge in [-0.15, -0.1) is 11.3 Å². The van der Waals surface area contributed by atoms with E-state index < -0.39 is 0 Å². The van der Waals surface area contributed by atoms with Crippen LogP contribution in [0.4, 0.5) is 0 Å². The molecule has 1 atom stereocenters. The topological polar surface area (TPSA) is 20.2 Å². The maximum absolute atomic E-state index is 10.0. The number of hydrogen-bond donors (Lipinski definition) is 1. The van der Waals surface area contributed by atoms with Gasteiger partial charge < -0.3 is 5.11 Å². The first-order valence-electron chi connectivity index (χ1n) is 4.61. The molecule has 0 aliphatic carbocycles. The lowest BCUT2D eigenvalue weighted by Gasteiger charge is -2.19. The van der Waals surface area contributed by atoms with Gasteiger partial charge in [-0.25, -0.2) is 0 Å². The molecule has 1 N–H and O–H groups in total. The summed E-state index contributed by atoms with van der Waals surface area (Å²) in [5.41, 5.74) is 0. The van der Waals surface area contributed by atoms with Crippen molar-refractivity contribution in [3.05, 3.63) is 20.8 Å². The van der Waals surface area contributed by atoms with Crippen LogP contribution in [0, 0.1) is 5.92 Å². The monoisotopic (exact) mass is 262 g/mol. The summed E-state index contributed by atoms with van der Waals surface area (Å²) in [5.74, 6) is 0.384. The quantitative estimate of drug-likeness (QED) is 0.871. The molecular weight excluding hydrogens is 248 g/mol. The van der Waals surface area contributed by atoms with Crippen LogP contribution in [0.5, 0.6) is 0 Å². The van der Waals surface area contributed by atoms with Crippen molar-refractivity contribution in [2.75, 3.05) is 0 Å². The number of aliphatic hydroxyl groups is 1. The molecule has 0 radical (unpaired) electrons. The minimum atomic E-state index is -0.302. The predicted molar refractivity (Wildman–Crippen MR) is 61.1 cm³/mol. The van der Waals surface area contributed by atoms with Crippen molar-refractivity contribution in [2.24, 2.45) is 5.92 Å². The third-order valence-electron chi connectivity index (χ3n) is 2.41. The molecule has 1 aromatic rings. The van der Waals surface area contributed by atoms with Gasteiger partial charge in [-0.05, 0) is 33.3 Å². The van der Waals surface area contributed by atoms with Gasteiger partial charge >= 0.3 is 0 Å². The van der Waals surface area contributed by atoms with Crippen molar-refractivity contribution in [2.45, 2.75) is 32.8 Å². The van der Waals surface area contributed by atoms with E-state index in [1.807, 2.05) is 11.4 Å². The maximum atomic E-state index is 10.0. The molecule has 1 unspecified atom stereocenters. The van der Waals surface area contributed by atoms with E-state index in [1.165, 1.54) is 0 Å². The highest BCUT2D eigenvalue weighted by Gasteiger charge is 2.20. The summed E-state index contributed by atoms with van der Waals surface area (Å²) in [7, 11) is 0. The third-order valence-corrected chi connectivity index (χ3v) is 4.35. The molecule has 0 aliphatic heterocycles. The van der Waals surface area contributed by atoms with Gasteiger partial charge in [0, 0.05) is 9.35 Å². The number of halogens is 1. The van der Waals surface area contributed by atoms with Crippen LogP contribution in [-0.2, 0) is 0 Å². The number of hydrogen-bond acceptors (Lipinski definition) is 2. The summed E-state index contributed by atoms with van der Waals surface area (Å²) >= 11 is 5.06. The smallest absolute Gasteiger partial charge is 0.0921 e. The van der Waals surface area contributed by atoms with E-state index in [0.29, 0.717) is 5.92 Å². The SMILES string of the molecule is CCC(CC)C(O)c1sccc1Br. The molecule has 1 aromatic heterocycles. The lowest BCUT2D eigenvalue weighted by Crippen LogP contribution is -2.09. The molecule has 1 nitrogen and oxygen atoms in total. The molecule has 0 aromatic carbocycles. The van der Waals surface area contributed by atoms with Crippen LogP contribution in [0.15, 0.2) is 15.9 Å². The van der Waals surface area contributed by atoms with Gasteiger partial charge in [-0.1, -0.05) is 26.7 Å². The molecule has 0 spiro atoms. The number of thiophene rings is 1. The Labute approximate surface area is 91.9 Å². The van der Waals surface area contributed by atoms with Crippen LogP contribution < -0.4 is 0 Å². The van der Waals surface area contributed by atoms with Gasteiger partial charge in [0.25, 0.3) is 0 Å². The number of aliphatic hydroxyl groups excluding tert-OH is 1. The molecule has 74 valence electrons. The van der Waals surface area contributed by atoms with Crippen molar-refractivity contribution in [1.82, 2.24) is 0 Å². The molecule has 0 saturated carbocycles. The molecule has 0 fully saturated rings. The Bertz CT molecular complexity index is 255. The molecule has 1 rings (SSSR count). The summed E-state index contributed by atoms with van der Waals surface area (Å²) in [5, 5.41) is 12.0. The largest absolute Gasteiger partial charge is 0.387 e. The minimum Gasteiger partial charge on any atom is -0.387 e. The summed E-state index contributed by atoms with van der Waals surface area (Å²) in [6.45, 7) is 4.25.